The predicted octanol–water partition coefficient (Wildman–Crippen LogP) is 1.73. The van der Waals surface area contributed by atoms with Crippen LogP contribution in [-0.4, -0.2) is 40.5 Å². The van der Waals surface area contributed by atoms with Crippen LogP contribution >= 0.6 is 0 Å². The predicted molar refractivity (Wildman–Crippen MR) is 86.3 cm³/mol. The number of carbonyl (C=O) groups excluding carboxylic acids is 1. The Hall–Kier alpha value is -3.03. The average molecular weight is 333 g/mol. The molecule has 2 rings (SSSR count). The van der Waals surface area contributed by atoms with Crippen LogP contribution in [0.1, 0.15) is 13.8 Å². The van der Waals surface area contributed by atoms with Crippen molar-refractivity contribution in [3.63, 3.8) is 0 Å². The van der Waals surface area contributed by atoms with Crippen LogP contribution in [0, 0.1) is 0 Å². The van der Waals surface area contributed by atoms with Crippen molar-refractivity contribution in [2.75, 3.05) is 19.0 Å². The molecule has 0 aliphatic heterocycles. The minimum atomic E-state index is -1.21. The minimum Gasteiger partial charge on any atom is -0.497 e. The molecule has 1 heterocycles. The normalized spacial score (nSPS) is 11.0. The van der Waals surface area contributed by atoms with Crippen molar-refractivity contribution in [2.24, 2.45) is 0 Å². The number of methoxy groups -OCH3 is 1. The highest BCUT2D eigenvalue weighted by molar-refractivity contribution is 5.91. The Morgan fingerprint density at radius 2 is 1.88 bits per heavy atom. The molecule has 1 aromatic heterocycles. The monoisotopic (exact) mass is 333 g/mol. The SMILES string of the molecule is COc1ccc(OCC(=O)Nc2cnn(C(C)(C)C(=O)O)c2)cc1. The van der Waals surface area contributed by atoms with E-state index in [1.54, 1.807) is 31.4 Å². The fraction of sp³-hybridized carbons (Fsp3) is 0.312. The Morgan fingerprint density at radius 1 is 1.25 bits per heavy atom. The van der Waals surface area contributed by atoms with E-state index in [2.05, 4.69) is 10.4 Å². The summed E-state index contributed by atoms with van der Waals surface area (Å²) in [5, 5.41) is 15.7. The van der Waals surface area contributed by atoms with Gasteiger partial charge in [-0.3, -0.25) is 9.48 Å². The van der Waals surface area contributed by atoms with Crippen LogP contribution in [0.15, 0.2) is 36.7 Å². The molecule has 0 fully saturated rings. The third kappa shape index (κ3) is 4.03. The maximum Gasteiger partial charge on any atom is 0.331 e. The van der Waals surface area contributed by atoms with Gasteiger partial charge in [-0.2, -0.15) is 5.10 Å². The Bertz CT molecular complexity index is 722. The molecule has 1 amide bonds. The second-order valence-corrected chi connectivity index (χ2v) is 5.55. The van der Waals surface area contributed by atoms with Gasteiger partial charge < -0.3 is 19.9 Å². The summed E-state index contributed by atoms with van der Waals surface area (Å²) >= 11 is 0. The molecule has 1 aromatic carbocycles. The number of ether oxygens (including phenoxy) is 2. The van der Waals surface area contributed by atoms with Gasteiger partial charge in [-0.25, -0.2) is 4.79 Å². The molecule has 0 spiro atoms. The van der Waals surface area contributed by atoms with Gasteiger partial charge >= 0.3 is 5.97 Å². The van der Waals surface area contributed by atoms with Gasteiger partial charge in [-0.15, -0.1) is 0 Å². The molecular weight excluding hydrogens is 314 g/mol. The van der Waals surface area contributed by atoms with Crippen molar-refractivity contribution >= 4 is 17.6 Å². The number of aromatic nitrogens is 2. The van der Waals surface area contributed by atoms with E-state index in [1.807, 2.05) is 0 Å². The number of carbonyl (C=O) groups is 2. The van der Waals surface area contributed by atoms with Crippen molar-refractivity contribution in [3.8, 4) is 11.5 Å². The molecule has 128 valence electrons. The van der Waals surface area contributed by atoms with E-state index in [0.717, 1.165) is 0 Å². The first-order valence-electron chi connectivity index (χ1n) is 7.18. The maximum absolute atomic E-state index is 11.9. The van der Waals surface area contributed by atoms with Crippen LogP contribution in [0.4, 0.5) is 5.69 Å². The van der Waals surface area contributed by atoms with E-state index in [0.29, 0.717) is 17.2 Å². The standard InChI is InChI=1S/C16H19N3O5/c1-16(2,15(21)22)19-9-11(8-17-19)18-14(20)10-24-13-6-4-12(23-3)5-7-13/h4-9H,10H2,1-3H3,(H,18,20)(H,21,22). The first kappa shape index (κ1) is 17.3. The van der Waals surface area contributed by atoms with Crippen LogP contribution in [0.3, 0.4) is 0 Å². The number of anilines is 1. The average Bonchev–Trinajstić information content (AvgIpc) is 3.02. The molecule has 0 aliphatic carbocycles. The zero-order valence-corrected chi connectivity index (χ0v) is 13.6. The third-order valence-electron chi connectivity index (χ3n) is 3.39. The highest BCUT2D eigenvalue weighted by Crippen LogP contribution is 2.18. The number of nitrogens with zero attached hydrogens (tertiary/aromatic N) is 2. The fourth-order valence-corrected chi connectivity index (χ4v) is 1.81. The number of rotatable bonds is 7. The van der Waals surface area contributed by atoms with E-state index in [9.17, 15) is 9.59 Å². The lowest BCUT2D eigenvalue weighted by molar-refractivity contribution is -0.146. The Labute approximate surface area is 139 Å². The molecule has 2 N–H and O–H groups in total. The zero-order chi connectivity index (χ0) is 17.7. The van der Waals surface area contributed by atoms with Crippen molar-refractivity contribution in [3.05, 3.63) is 36.7 Å². The minimum absolute atomic E-state index is 0.181. The molecule has 0 unspecified atom stereocenters. The van der Waals surface area contributed by atoms with Gasteiger partial charge in [0.25, 0.3) is 5.91 Å². The van der Waals surface area contributed by atoms with E-state index in [-0.39, 0.29) is 12.5 Å². The van der Waals surface area contributed by atoms with E-state index in [1.165, 1.54) is 30.9 Å². The lowest BCUT2D eigenvalue weighted by atomic mass is 10.1. The Balaban J connectivity index is 1.90. The van der Waals surface area contributed by atoms with Crippen LogP contribution < -0.4 is 14.8 Å². The van der Waals surface area contributed by atoms with Crippen molar-refractivity contribution in [1.82, 2.24) is 9.78 Å². The number of nitrogens with one attached hydrogen (secondary N) is 1. The van der Waals surface area contributed by atoms with Gasteiger partial charge in [0.05, 0.1) is 19.0 Å². The van der Waals surface area contributed by atoms with Gasteiger partial charge in [-0.05, 0) is 38.1 Å². The Kier molecular flexibility index (Phi) is 5.08. The smallest absolute Gasteiger partial charge is 0.331 e. The van der Waals surface area contributed by atoms with E-state index in [4.69, 9.17) is 14.6 Å². The second kappa shape index (κ2) is 7.03. The van der Waals surface area contributed by atoms with Gasteiger partial charge in [0.2, 0.25) is 0 Å². The lowest BCUT2D eigenvalue weighted by Crippen LogP contribution is -2.35. The lowest BCUT2D eigenvalue weighted by Gasteiger charge is -2.19. The molecule has 24 heavy (non-hydrogen) atoms. The highest BCUT2D eigenvalue weighted by Gasteiger charge is 2.30. The van der Waals surface area contributed by atoms with Gasteiger partial charge in [0.15, 0.2) is 12.1 Å². The summed E-state index contributed by atoms with van der Waals surface area (Å²) in [6.45, 7) is 2.85. The van der Waals surface area contributed by atoms with E-state index < -0.39 is 11.5 Å². The van der Waals surface area contributed by atoms with Gasteiger partial charge in [-0.1, -0.05) is 0 Å². The summed E-state index contributed by atoms with van der Waals surface area (Å²) < 4.78 is 11.7. The summed E-state index contributed by atoms with van der Waals surface area (Å²) in [6, 6.07) is 6.84. The van der Waals surface area contributed by atoms with Crippen LogP contribution in [0.25, 0.3) is 0 Å². The molecule has 0 saturated carbocycles. The maximum atomic E-state index is 11.9. The molecule has 0 aliphatic rings. The zero-order valence-electron chi connectivity index (χ0n) is 13.6. The third-order valence-corrected chi connectivity index (χ3v) is 3.39. The summed E-state index contributed by atoms with van der Waals surface area (Å²) in [7, 11) is 1.56. The van der Waals surface area contributed by atoms with Crippen molar-refractivity contribution in [1.29, 1.82) is 0 Å². The molecule has 0 radical (unpaired) electrons. The van der Waals surface area contributed by atoms with Crippen molar-refractivity contribution < 1.29 is 24.2 Å². The first-order chi connectivity index (χ1) is 11.3. The second-order valence-electron chi connectivity index (χ2n) is 5.55. The highest BCUT2D eigenvalue weighted by atomic mass is 16.5. The number of carboxylic acids is 1. The molecule has 8 heteroatoms. The fourth-order valence-electron chi connectivity index (χ4n) is 1.81. The van der Waals surface area contributed by atoms with Gasteiger partial charge in [0, 0.05) is 6.20 Å². The first-order valence-corrected chi connectivity index (χ1v) is 7.18. The number of carboxylic acid groups (broad SMARTS) is 1. The molecule has 2 aromatic rings. The number of benzene rings is 1. The number of aliphatic carboxylic acids is 1. The van der Waals surface area contributed by atoms with Gasteiger partial charge in [0.1, 0.15) is 11.5 Å². The Morgan fingerprint density at radius 3 is 2.46 bits per heavy atom. The summed E-state index contributed by atoms with van der Waals surface area (Å²) in [5.74, 6) is -0.168. The quantitative estimate of drug-likeness (QED) is 0.800. The molecule has 0 bridgehead atoms. The molecular formula is C16H19N3O5. The topological polar surface area (TPSA) is 103 Å². The molecule has 0 atom stereocenters. The van der Waals surface area contributed by atoms with E-state index >= 15 is 0 Å². The summed E-state index contributed by atoms with van der Waals surface area (Å²) in [6.07, 6.45) is 2.84. The molecule has 0 saturated heterocycles. The number of hydrogen-bond acceptors (Lipinski definition) is 5. The summed E-state index contributed by atoms with van der Waals surface area (Å²) in [5.41, 5.74) is -0.810. The van der Waals surface area contributed by atoms with Crippen LogP contribution in [0.2, 0.25) is 0 Å². The summed E-state index contributed by atoms with van der Waals surface area (Å²) in [4.78, 5) is 23.1. The largest absolute Gasteiger partial charge is 0.497 e. The van der Waals surface area contributed by atoms with Crippen LogP contribution in [0.5, 0.6) is 11.5 Å². The van der Waals surface area contributed by atoms with Crippen LogP contribution in [-0.2, 0) is 15.1 Å². The molecule has 8 nitrogen and oxygen atoms in total. The number of hydrogen-bond donors (Lipinski definition) is 2. The number of amides is 1. The van der Waals surface area contributed by atoms with Crippen molar-refractivity contribution in [2.45, 2.75) is 19.4 Å².